The van der Waals surface area contributed by atoms with Gasteiger partial charge in [-0.25, -0.2) is 8.42 Å². The van der Waals surface area contributed by atoms with Gasteiger partial charge in [-0.2, -0.15) is 9.40 Å². The van der Waals surface area contributed by atoms with Crippen molar-refractivity contribution in [3.63, 3.8) is 0 Å². The van der Waals surface area contributed by atoms with Gasteiger partial charge in [0.25, 0.3) is 10.0 Å². The van der Waals surface area contributed by atoms with Crippen molar-refractivity contribution in [2.45, 2.75) is 55.5 Å². The van der Waals surface area contributed by atoms with Crippen molar-refractivity contribution < 1.29 is 13.2 Å². The van der Waals surface area contributed by atoms with Crippen LogP contribution in [-0.4, -0.2) is 72.8 Å². The predicted octanol–water partition coefficient (Wildman–Crippen LogP) is 1.56. The largest absolute Gasteiger partial charge is 0.379 e. The zero-order chi connectivity index (χ0) is 18.6. The van der Waals surface area contributed by atoms with Crippen LogP contribution in [0.2, 0.25) is 0 Å². The Morgan fingerprint density at radius 1 is 1.11 bits per heavy atom. The minimum Gasteiger partial charge on any atom is -0.379 e. The van der Waals surface area contributed by atoms with Crippen LogP contribution in [0.3, 0.4) is 0 Å². The summed E-state index contributed by atoms with van der Waals surface area (Å²) in [7, 11) is -1.69. The molecule has 7 nitrogen and oxygen atoms in total. The molecule has 2 aliphatic carbocycles. The number of hydrogen-bond acceptors (Lipinski definition) is 5. The van der Waals surface area contributed by atoms with Crippen molar-refractivity contribution in [3.05, 3.63) is 11.8 Å². The highest BCUT2D eigenvalue weighted by atomic mass is 32.2. The van der Waals surface area contributed by atoms with Crippen LogP contribution in [-0.2, 0) is 21.8 Å². The van der Waals surface area contributed by atoms with Crippen molar-refractivity contribution in [2.75, 3.05) is 39.4 Å². The Kier molecular flexibility index (Phi) is 4.38. The lowest BCUT2D eigenvalue weighted by Gasteiger charge is -2.55. The van der Waals surface area contributed by atoms with Gasteiger partial charge in [-0.05, 0) is 43.9 Å². The molecule has 4 aliphatic rings. The van der Waals surface area contributed by atoms with Gasteiger partial charge in [0.05, 0.1) is 18.9 Å². The van der Waals surface area contributed by atoms with E-state index in [1.807, 2.05) is 0 Å². The quantitative estimate of drug-likeness (QED) is 0.775. The number of sulfonamides is 1. The number of rotatable bonds is 4. The Morgan fingerprint density at radius 3 is 2.41 bits per heavy atom. The molecule has 1 aromatic heterocycles. The number of aromatic nitrogens is 2. The summed E-state index contributed by atoms with van der Waals surface area (Å²) in [5.41, 5.74) is 1.30. The molecule has 0 radical (unpaired) electrons. The SMILES string of the molecule is Cn1nc(C2CC2)cc1S(=O)(=O)N1CCC2(CC1)CC(N1CCOCC1)C2. The summed E-state index contributed by atoms with van der Waals surface area (Å²) in [5.74, 6) is 0.469. The van der Waals surface area contributed by atoms with Gasteiger partial charge in [-0.15, -0.1) is 0 Å². The maximum Gasteiger partial charge on any atom is 0.260 e. The maximum atomic E-state index is 13.1. The number of ether oxygens (including phenoxy) is 1. The van der Waals surface area contributed by atoms with E-state index < -0.39 is 10.0 Å². The van der Waals surface area contributed by atoms with E-state index in [-0.39, 0.29) is 0 Å². The molecule has 0 unspecified atom stereocenters. The van der Waals surface area contributed by atoms with E-state index in [9.17, 15) is 8.42 Å². The van der Waals surface area contributed by atoms with Crippen LogP contribution in [0.4, 0.5) is 0 Å². The fraction of sp³-hybridized carbons (Fsp3) is 0.842. The third-order valence-corrected chi connectivity index (χ3v) is 9.09. The second-order valence-corrected chi connectivity index (χ2v) is 10.8. The molecule has 2 aliphatic heterocycles. The van der Waals surface area contributed by atoms with Crippen LogP contribution >= 0.6 is 0 Å². The molecule has 1 spiro atoms. The first-order valence-electron chi connectivity index (χ1n) is 10.3. The zero-order valence-corrected chi connectivity index (χ0v) is 17.0. The summed E-state index contributed by atoms with van der Waals surface area (Å²) < 4.78 is 35.0. The topological polar surface area (TPSA) is 67.7 Å². The number of morpholine rings is 1. The van der Waals surface area contributed by atoms with Gasteiger partial charge in [-0.1, -0.05) is 0 Å². The van der Waals surface area contributed by atoms with E-state index >= 15 is 0 Å². The third-order valence-electron chi connectivity index (χ3n) is 7.14. The minimum absolute atomic E-state index is 0.361. The number of nitrogens with zero attached hydrogens (tertiary/aromatic N) is 4. The van der Waals surface area contributed by atoms with Gasteiger partial charge >= 0.3 is 0 Å². The van der Waals surface area contributed by atoms with Crippen LogP contribution in [0, 0.1) is 5.41 Å². The summed E-state index contributed by atoms with van der Waals surface area (Å²) in [6.07, 6.45) is 6.68. The normalized spacial score (nSPS) is 27.7. The van der Waals surface area contributed by atoms with Crippen molar-refractivity contribution in [2.24, 2.45) is 12.5 Å². The van der Waals surface area contributed by atoms with E-state index in [1.54, 1.807) is 22.1 Å². The molecule has 2 saturated heterocycles. The second-order valence-electron chi connectivity index (χ2n) is 8.92. The van der Waals surface area contributed by atoms with E-state index in [0.717, 1.165) is 57.7 Å². The van der Waals surface area contributed by atoms with Gasteiger partial charge in [0.1, 0.15) is 0 Å². The molecule has 2 saturated carbocycles. The number of aryl methyl sites for hydroxylation is 1. The highest BCUT2D eigenvalue weighted by molar-refractivity contribution is 7.89. The van der Waals surface area contributed by atoms with Crippen LogP contribution in [0.15, 0.2) is 11.1 Å². The first kappa shape index (κ1) is 18.1. The highest BCUT2D eigenvalue weighted by Crippen LogP contribution is 2.51. The van der Waals surface area contributed by atoms with E-state index in [4.69, 9.17) is 4.74 Å². The van der Waals surface area contributed by atoms with E-state index in [2.05, 4.69) is 10.00 Å². The van der Waals surface area contributed by atoms with Gasteiger partial charge in [-0.3, -0.25) is 9.58 Å². The smallest absolute Gasteiger partial charge is 0.260 e. The Morgan fingerprint density at radius 2 is 1.78 bits per heavy atom. The molecule has 1 aromatic rings. The van der Waals surface area contributed by atoms with Crippen molar-refractivity contribution in [3.8, 4) is 0 Å². The predicted molar refractivity (Wildman–Crippen MR) is 101 cm³/mol. The Labute approximate surface area is 161 Å². The lowest BCUT2D eigenvalue weighted by Crippen LogP contribution is -2.57. The molecule has 27 heavy (non-hydrogen) atoms. The van der Waals surface area contributed by atoms with Crippen molar-refractivity contribution >= 4 is 10.0 Å². The number of hydrogen-bond donors (Lipinski definition) is 0. The first-order chi connectivity index (χ1) is 13.0. The van der Waals surface area contributed by atoms with Crippen LogP contribution < -0.4 is 0 Å². The Hall–Kier alpha value is -0.960. The summed E-state index contributed by atoms with van der Waals surface area (Å²) in [5, 5.41) is 4.81. The van der Waals surface area contributed by atoms with Gasteiger partial charge in [0, 0.05) is 51.3 Å². The minimum atomic E-state index is -3.44. The summed E-state index contributed by atoms with van der Waals surface area (Å²) >= 11 is 0. The molecule has 5 rings (SSSR count). The molecule has 0 amide bonds. The van der Waals surface area contributed by atoms with Gasteiger partial charge < -0.3 is 4.74 Å². The molecule has 4 fully saturated rings. The van der Waals surface area contributed by atoms with Crippen LogP contribution in [0.25, 0.3) is 0 Å². The maximum absolute atomic E-state index is 13.1. The molecule has 8 heteroatoms. The average molecular weight is 395 g/mol. The lowest BCUT2D eigenvalue weighted by molar-refractivity contribution is -0.0670. The molecule has 0 atom stereocenters. The molecule has 0 aromatic carbocycles. The first-order valence-corrected chi connectivity index (χ1v) is 11.8. The van der Waals surface area contributed by atoms with Gasteiger partial charge in [0.15, 0.2) is 5.03 Å². The summed E-state index contributed by atoms with van der Waals surface area (Å²) in [4.78, 5) is 2.56. The summed E-state index contributed by atoms with van der Waals surface area (Å²) in [6, 6.07) is 2.48. The van der Waals surface area contributed by atoms with Crippen molar-refractivity contribution in [1.82, 2.24) is 19.0 Å². The van der Waals surface area contributed by atoms with Crippen LogP contribution in [0.5, 0.6) is 0 Å². The molecule has 150 valence electrons. The fourth-order valence-corrected chi connectivity index (χ4v) is 6.75. The highest BCUT2D eigenvalue weighted by Gasteiger charge is 2.49. The van der Waals surface area contributed by atoms with E-state index in [1.165, 1.54) is 12.8 Å². The summed E-state index contributed by atoms with van der Waals surface area (Å²) in [6.45, 7) is 5.08. The van der Waals surface area contributed by atoms with Crippen LogP contribution in [0.1, 0.15) is 50.1 Å². The molecular formula is C19H30N4O3S. The van der Waals surface area contributed by atoms with Crippen molar-refractivity contribution in [1.29, 1.82) is 0 Å². The standard InChI is InChI=1S/C19H30N4O3S/c1-21-18(12-17(20-21)15-2-3-15)27(24,25)23-6-4-19(5-7-23)13-16(14-19)22-8-10-26-11-9-22/h12,15-16H,2-11,13-14H2,1H3. The molecular weight excluding hydrogens is 364 g/mol. The fourth-order valence-electron chi connectivity index (χ4n) is 5.17. The zero-order valence-electron chi connectivity index (χ0n) is 16.1. The Bertz CT molecular complexity index is 795. The number of piperidine rings is 1. The van der Waals surface area contributed by atoms with E-state index in [0.29, 0.717) is 35.5 Å². The third kappa shape index (κ3) is 3.24. The second kappa shape index (κ2) is 6.54. The lowest BCUT2D eigenvalue weighted by atomic mass is 9.60. The molecule has 3 heterocycles. The average Bonchev–Trinajstić information content (AvgIpc) is 3.42. The molecule has 0 N–H and O–H groups in total. The Balaban J connectivity index is 1.21. The molecule has 0 bridgehead atoms. The van der Waals surface area contributed by atoms with Gasteiger partial charge in [0.2, 0.25) is 0 Å². The monoisotopic (exact) mass is 394 g/mol.